The Hall–Kier alpha value is -1.15. The Labute approximate surface area is 110 Å². The van der Waals surface area contributed by atoms with Crippen molar-refractivity contribution in [2.24, 2.45) is 0 Å². The highest BCUT2D eigenvalue weighted by molar-refractivity contribution is 7.89. The van der Waals surface area contributed by atoms with E-state index < -0.39 is 10.0 Å². The van der Waals surface area contributed by atoms with E-state index in [9.17, 15) is 8.42 Å². The first kappa shape index (κ1) is 13.3. The summed E-state index contributed by atoms with van der Waals surface area (Å²) in [4.78, 5) is 2.85. The van der Waals surface area contributed by atoms with Crippen molar-refractivity contribution in [1.29, 1.82) is 0 Å². The van der Waals surface area contributed by atoms with E-state index in [0.717, 1.165) is 5.56 Å². The number of nitrogens with one attached hydrogen (secondary N) is 2. The number of H-pyrrole nitrogens is 1. The largest absolute Gasteiger partial charge is 0.390 e. The summed E-state index contributed by atoms with van der Waals surface area (Å²) in [5.41, 5.74) is 1.60. The van der Waals surface area contributed by atoms with Crippen molar-refractivity contribution in [1.82, 2.24) is 9.71 Å². The number of aliphatic hydroxyl groups excluding tert-OH is 1. The SMILES string of the molecule is O=S(=O)(NCCc1ccsc1)c1c[nH]c(CO)c1. The third-order valence-corrected chi connectivity index (χ3v) is 4.66. The molecule has 5 nitrogen and oxygen atoms in total. The number of aromatic amines is 1. The quantitative estimate of drug-likeness (QED) is 0.743. The van der Waals surface area contributed by atoms with Crippen LogP contribution in [0.2, 0.25) is 0 Å². The lowest BCUT2D eigenvalue weighted by molar-refractivity contribution is 0.277. The van der Waals surface area contributed by atoms with E-state index >= 15 is 0 Å². The van der Waals surface area contributed by atoms with Crippen molar-refractivity contribution in [3.63, 3.8) is 0 Å². The molecule has 0 radical (unpaired) electrons. The molecule has 0 fully saturated rings. The van der Waals surface area contributed by atoms with Gasteiger partial charge in [-0.2, -0.15) is 11.3 Å². The van der Waals surface area contributed by atoms with Crippen LogP contribution < -0.4 is 4.72 Å². The van der Waals surface area contributed by atoms with Crippen molar-refractivity contribution >= 4 is 21.4 Å². The molecule has 0 spiro atoms. The Morgan fingerprint density at radius 2 is 2.28 bits per heavy atom. The Morgan fingerprint density at radius 3 is 2.89 bits per heavy atom. The van der Waals surface area contributed by atoms with Crippen LogP contribution in [0.4, 0.5) is 0 Å². The molecule has 0 aliphatic heterocycles. The summed E-state index contributed by atoms with van der Waals surface area (Å²) in [5, 5.41) is 12.8. The van der Waals surface area contributed by atoms with E-state index in [1.807, 2.05) is 16.8 Å². The van der Waals surface area contributed by atoms with E-state index in [-0.39, 0.29) is 11.5 Å². The Bertz CT molecular complexity index is 588. The zero-order valence-corrected chi connectivity index (χ0v) is 11.2. The van der Waals surface area contributed by atoms with Gasteiger partial charge in [0.1, 0.15) is 0 Å². The predicted octanol–water partition coefficient (Wildman–Crippen LogP) is 1.09. The molecule has 0 saturated carbocycles. The summed E-state index contributed by atoms with van der Waals surface area (Å²) in [5.74, 6) is 0. The lowest BCUT2D eigenvalue weighted by Gasteiger charge is -2.03. The highest BCUT2D eigenvalue weighted by Crippen LogP contribution is 2.11. The van der Waals surface area contributed by atoms with Crippen molar-refractivity contribution in [2.45, 2.75) is 17.9 Å². The average Bonchev–Trinajstić information content (AvgIpc) is 2.99. The first-order valence-corrected chi connectivity index (χ1v) is 7.83. The van der Waals surface area contributed by atoms with E-state index in [4.69, 9.17) is 5.11 Å². The molecule has 0 saturated heterocycles. The number of aromatic nitrogens is 1. The number of hydrogen-bond donors (Lipinski definition) is 3. The van der Waals surface area contributed by atoms with Crippen LogP contribution in [0, 0.1) is 0 Å². The highest BCUT2D eigenvalue weighted by Gasteiger charge is 2.15. The monoisotopic (exact) mass is 286 g/mol. The molecular formula is C11H14N2O3S2. The smallest absolute Gasteiger partial charge is 0.242 e. The molecule has 0 atom stereocenters. The van der Waals surface area contributed by atoms with Gasteiger partial charge in [-0.05, 0) is 34.9 Å². The summed E-state index contributed by atoms with van der Waals surface area (Å²) in [7, 11) is -3.49. The minimum absolute atomic E-state index is 0.150. The van der Waals surface area contributed by atoms with Gasteiger partial charge in [-0.15, -0.1) is 0 Å². The summed E-state index contributed by atoms with van der Waals surface area (Å²) in [6, 6.07) is 3.39. The molecule has 0 aliphatic rings. The average molecular weight is 286 g/mol. The zero-order valence-electron chi connectivity index (χ0n) is 9.59. The van der Waals surface area contributed by atoms with Crippen molar-refractivity contribution in [3.05, 3.63) is 40.3 Å². The van der Waals surface area contributed by atoms with Crippen LogP contribution >= 0.6 is 11.3 Å². The lowest BCUT2D eigenvalue weighted by Crippen LogP contribution is -2.25. The van der Waals surface area contributed by atoms with Crippen molar-refractivity contribution < 1.29 is 13.5 Å². The number of thiophene rings is 1. The van der Waals surface area contributed by atoms with Gasteiger partial charge in [0.05, 0.1) is 11.5 Å². The van der Waals surface area contributed by atoms with Gasteiger partial charge in [0.15, 0.2) is 0 Å². The summed E-state index contributed by atoms with van der Waals surface area (Å²) >= 11 is 1.59. The van der Waals surface area contributed by atoms with E-state index in [0.29, 0.717) is 18.7 Å². The number of rotatable bonds is 6. The van der Waals surface area contributed by atoms with Gasteiger partial charge in [-0.3, -0.25) is 0 Å². The van der Waals surface area contributed by atoms with E-state index in [1.165, 1.54) is 12.3 Å². The second kappa shape index (κ2) is 5.66. The molecule has 18 heavy (non-hydrogen) atoms. The maximum Gasteiger partial charge on any atom is 0.242 e. The molecule has 2 aromatic heterocycles. The predicted molar refractivity (Wildman–Crippen MR) is 69.9 cm³/mol. The number of hydrogen-bond acceptors (Lipinski definition) is 4. The highest BCUT2D eigenvalue weighted by atomic mass is 32.2. The minimum Gasteiger partial charge on any atom is -0.390 e. The van der Waals surface area contributed by atoms with Crippen LogP contribution in [0.1, 0.15) is 11.3 Å². The van der Waals surface area contributed by atoms with Crippen LogP contribution in [0.15, 0.2) is 34.0 Å². The third kappa shape index (κ3) is 3.20. The van der Waals surface area contributed by atoms with Gasteiger partial charge in [-0.25, -0.2) is 13.1 Å². The molecule has 0 aliphatic carbocycles. The van der Waals surface area contributed by atoms with Crippen LogP contribution in [0.5, 0.6) is 0 Å². The number of aliphatic hydroxyl groups is 1. The molecule has 0 amide bonds. The Morgan fingerprint density at radius 1 is 1.44 bits per heavy atom. The molecule has 2 rings (SSSR count). The van der Waals surface area contributed by atoms with Crippen LogP contribution in [-0.4, -0.2) is 25.1 Å². The van der Waals surface area contributed by atoms with Crippen molar-refractivity contribution in [3.8, 4) is 0 Å². The molecule has 2 heterocycles. The van der Waals surface area contributed by atoms with Gasteiger partial charge in [0.25, 0.3) is 0 Å². The van der Waals surface area contributed by atoms with Gasteiger partial charge in [-0.1, -0.05) is 0 Å². The van der Waals surface area contributed by atoms with Crippen LogP contribution in [0.3, 0.4) is 0 Å². The first-order valence-electron chi connectivity index (χ1n) is 5.41. The molecule has 0 bridgehead atoms. The Balaban J connectivity index is 1.95. The second-order valence-electron chi connectivity index (χ2n) is 3.80. The standard InChI is InChI=1S/C11H14N2O3S2/c14-7-10-5-11(6-12-10)18(15,16)13-3-1-9-2-4-17-8-9/h2,4-6,8,12-14H,1,3,7H2. The molecular weight excluding hydrogens is 272 g/mol. The summed E-state index contributed by atoms with van der Waals surface area (Å²) in [6.45, 7) is 0.156. The van der Waals surface area contributed by atoms with Crippen molar-refractivity contribution in [2.75, 3.05) is 6.54 Å². The first-order chi connectivity index (χ1) is 8.62. The third-order valence-electron chi connectivity index (χ3n) is 2.48. The Kier molecular flexibility index (Phi) is 4.18. The molecule has 98 valence electrons. The molecule has 3 N–H and O–H groups in total. The van der Waals surface area contributed by atoms with Gasteiger partial charge >= 0.3 is 0 Å². The van der Waals surface area contributed by atoms with Gasteiger partial charge in [0, 0.05) is 18.4 Å². The lowest BCUT2D eigenvalue weighted by atomic mass is 10.2. The molecule has 7 heteroatoms. The molecule has 0 aromatic carbocycles. The van der Waals surface area contributed by atoms with Gasteiger partial charge in [0.2, 0.25) is 10.0 Å². The van der Waals surface area contributed by atoms with E-state index in [2.05, 4.69) is 9.71 Å². The second-order valence-corrected chi connectivity index (χ2v) is 6.35. The van der Waals surface area contributed by atoms with Crippen LogP contribution in [0.25, 0.3) is 0 Å². The topological polar surface area (TPSA) is 82.2 Å². The van der Waals surface area contributed by atoms with Crippen LogP contribution in [-0.2, 0) is 23.1 Å². The summed E-state index contributed by atoms with van der Waals surface area (Å²) in [6.07, 6.45) is 2.04. The fourth-order valence-corrected chi connectivity index (χ4v) is 3.27. The maximum absolute atomic E-state index is 11.9. The van der Waals surface area contributed by atoms with E-state index in [1.54, 1.807) is 11.3 Å². The van der Waals surface area contributed by atoms with Gasteiger partial charge < -0.3 is 10.1 Å². The number of sulfonamides is 1. The molecule has 0 unspecified atom stereocenters. The zero-order chi connectivity index (χ0) is 13.0. The fraction of sp³-hybridized carbons (Fsp3) is 0.273. The maximum atomic E-state index is 11.9. The minimum atomic E-state index is -3.49. The molecule has 2 aromatic rings. The summed E-state index contributed by atoms with van der Waals surface area (Å²) < 4.78 is 26.3. The fourth-order valence-electron chi connectivity index (χ4n) is 1.51. The normalized spacial score (nSPS) is 11.8.